The molecule has 0 aromatic carbocycles. The van der Waals surface area contributed by atoms with Crippen molar-refractivity contribution in [1.29, 1.82) is 0 Å². The lowest BCUT2D eigenvalue weighted by atomic mass is 9.70. The number of thioether (sulfide) groups is 2. The van der Waals surface area contributed by atoms with Crippen LogP contribution in [0.3, 0.4) is 0 Å². The number of ether oxygens (including phenoxy) is 2. The molecule has 2 fully saturated rings. The van der Waals surface area contributed by atoms with E-state index < -0.39 is 0 Å². The number of ketones is 2. The summed E-state index contributed by atoms with van der Waals surface area (Å²) in [6.45, 7) is 19.3. The summed E-state index contributed by atoms with van der Waals surface area (Å²) in [5, 5.41) is 0.824. The van der Waals surface area contributed by atoms with E-state index >= 15 is 0 Å². The predicted octanol–water partition coefficient (Wildman–Crippen LogP) is 7.95. The lowest BCUT2D eigenvalue weighted by molar-refractivity contribution is -0.125. The summed E-state index contributed by atoms with van der Waals surface area (Å²) in [6, 6.07) is 0. The normalized spacial score (nSPS) is 26.5. The largest absolute Gasteiger partial charge is 0.378 e. The van der Waals surface area contributed by atoms with Crippen molar-refractivity contribution in [2.45, 2.75) is 102 Å². The van der Waals surface area contributed by atoms with E-state index in [1.807, 2.05) is 35.7 Å². The molecule has 0 spiro atoms. The van der Waals surface area contributed by atoms with Crippen molar-refractivity contribution >= 4 is 35.1 Å². The van der Waals surface area contributed by atoms with Gasteiger partial charge in [0.25, 0.3) is 0 Å². The van der Waals surface area contributed by atoms with Crippen molar-refractivity contribution < 1.29 is 19.1 Å². The molecule has 0 amide bonds. The highest BCUT2D eigenvalue weighted by Gasteiger charge is 2.39. The first-order valence-electron chi connectivity index (χ1n) is 14.7. The Bertz CT molecular complexity index is 686. The Morgan fingerprint density at radius 1 is 0.737 bits per heavy atom. The zero-order valence-corrected chi connectivity index (χ0v) is 26.3. The number of hydrogen-bond acceptors (Lipinski definition) is 6. The van der Waals surface area contributed by atoms with Crippen LogP contribution in [0.4, 0.5) is 0 Å². The minimum absolute atomic E-state index is 0.164. The second-order valence-electron chi connectivity index (χ2n) is 12.7. The Morgan fingerprint density at radius 3 is 1.50 bits per heavy atom. The van der Waals surface area contributed by atoms with E-state index in [1.54, 1.807) is 0 Å². The summed E-state index contributed by atoms with van der Waals surface area (Å²) in [4.78, 5) is 25.6. The van der Waals surface area contributed by atoms with Crippen LogP contribution in [0.5, 0.6) is 0 Å². The summed E-state index contributed by atoms with van der Waals surface area (Å²) >= 11 is 3.83. The highest BCUT2D eigenvalue weighted by atomic mass is 32.2. The zero-order chi connectivity index (χ0) is 28.0. The molecule has 0 aromatic rings. The average molecular weight is 567 g/mol. The van der Waals surface area contributed by atoms with Gasteiger partial charge in [-0.1, -0.05) is 39.8 Å². The molecule has 0 N–H and O–H groups in total. The molecule has 0 heterocycles. The standard InChI is InChI=1S/C32H54O4S2/c1-7-9-11-27(33)25-23-31(3,4)15-13-29(25)37-21-19-35-17-18-36-20-22-38-30-14-16-32(5,6)24-26(30)28(34)12-10-8-2/h7-8,25-26,29-30H,1-2,9-24H2,3-6H3. The molecule has 0 saturated heterocycles. The number of rotatable bonds is 19. The second kappa shape index (κ2) is 17.3. The first-order valence-corrected chi connectivity index (χ1v) is 16.8. The van der Waals surface area contributed by atoms with E-state index in [0.29, 0.717) is 61.3 Å². The van der Waals surface area contributed by atoms with Gasteiger partial charge in [0.1, 0.15) is 11.6 Å². The van der Waals surface area contributed by atoms with Crippen molar-refractivity contribution in [3.05, 3.63) is 25.3 Å². The van der Waals surface area contributed by atoms with Gasteiger partial charge in [0.15, 0.2) is 0 Å². The van der Waals surface area contributed by atoms with Crippen LogP contribution in [-0.2, 0) is 19.1 Å². The fraction of sp³-hybridized carbons (Fsp3) is 0.812. The molecule has 4 unspecified atom stereocenters. The van der Waals surface area contributed by atoms with Gasteiger partial charge in [0.05, 0.1) is 26.4 Å². The maximum atomic E-state index is 12.8. The van der Waals surface area contributed by atoms with E-state index in [4.69, 9.17) is 9.47 Å². The minimum atomic E-state index is 0.164. The molecular formula is C32H54O4S2. The van der Waals surface area contributed by atoms with E-state index in [1.165, 1.54) is 12.8 Å². The van der Waals surface area contributed by atoms with Gasteiger partial charge in [0.2, 0.25) is 0 Å². The van der Waals surface area contributed by atoms with Crippen LogP contribution in [0.15, 0.2) is 25.3 Å². The molecule has 4 nitrogen and oxygen atoms in total. The Labute approximate surface area is 241 Å². The fourth-order valence-electron chi connectivity index (χ4n) is 5.87. The number of carbonyl (C=O) groups excluding carboxylic acids is 2. The molecule has 2 aliphatic rings. The van der Waals surface area contributed by atoms with Crippen LogP contribution in [0.1, 0.15) is 91.9 Å². The van der Waals surface area contributed by atoms with Gasteiger partial charge in [-0.3, -0.25) is 9.59 Å². The topological polar surface area (TPSA) is 52.6 Å². The molecule has 0 radical (unpaired) electrons. The van der Waals surface area contributed by atoms with Crippen LogP contribution in [0, 0.1) is 22.7 Å². The quantitative estimate of drug-likeness (QED) is 0.117. The Kier molecular flexibility index (Phi) is 15.3. The lowest BCUT2D eigenvalue weighted by Crippen LogP contribution is -2.37. The van der Waals surface area contributed by atoms with Gasteiger partial charge in [-0.2, -0.15) is 23.5 Å². The highest BCUT2D eigenvalue weighted by molar-refractivity contribution is 8.00. The Hall–Kier alpha value is -0.560. The smallest absolute Gasteiger partial charge is 0.137 e. The predicted molar refractivity (Wildman–Crippen MR) is 165 cm³/mol. The molecule has 2 rings (SSSR count). The van der Waals surface area contributed by atoms with Gasteiger partial charge in [-0.25, -0.2) is 0 Å². The summed E-state index contributed by atoms with van der Waals surface area (Å²) in [5.74, 6) is 2.99. The van der Waals surface area contributed by atoms with Crippen LogP contribution < -0.4 is 0 Å². The third-order valence-corrected chi connectivity index (χ3v) is 11.0. The molecule has 6 heteroatoms. The molecule has 2 aliphatic carbocycles. The van der Waals surface area contributed by atoms with Gasteiger partial charge >= 0.3 is 0 Å². The summed E-state index contributed by atoms with van der Waals surface area (Å²) < 4.78 is 11.7. The first kappa shape index (κ1) is 33.6. The van der Waals surface area contributed by atoms with Crippen LogP contribution in [0.25, 0.3) is 0 Å². The molecule has 0 aromatic heterocycles. The van der Waals surface area contributed by atoms with E-state index in [-0.39, 0.29) is 22.7 Å². The number of Topliss-reactive ketones (excluding diaryl/α,β-unsaturated/α-hetero) is 2. The monoisotopic (exact) mass is 566 g/mol. The van der Waals surface area contributed by atoms with E-state index in [0.717, 1.165) is 50.0 Å². The van der Waals surface area contributed by atoms with Crippen molar-refractivity contribution in [2.75, 3.05) is 37.9 Å². The third kappa shape index (κ3) is 12.3. The van der Waals surface area contributed by atoms with E-state index in [2.05, 4.69) is 40.9 Å². The van der Waals surface area contributed by atoms with Gasteiger partial charge in [0, 0.05) is 46.7 Å². The molecular weight excluding hydrogens is 512 g/mol. The second-order valence-corrected chi connectivity index (χ2v) is 15.4. The van der Waals surface area contributed by atoms with Crippen molar-refractivity contribution in [2.24, 2.45) is 22.7 Å². The van der Waals surface area contributed by atoms with Gasteiger partial charge in [-0.15, -0.1) is 13.2 Å². The Balaban J connectivity index is 1.59. The minimum Gasteiger partial charge on any atom is -0.378 e. The van der Waals surface area contributed by atoms with Crippen molar-refractivity contribution in [1.82, 2.24) is 0 Å². The summed E-state index contributed by atoms with van der Waals surface area (Å²) in [6.07, 6.45) is 13.1. The van der Waals surface area contributed by atoms with Gasteiger partial charge < -0.3 is 9.47 Å². The van der Waals surface area contributed by atoms with Crippen LogP contribution in [-0.4, -0.2) is 60.0 Å². The Morgan fingerprint density at radius 2 is 1.13 bits per heavy atom. The molecule has 2 saturated carbocycles. The van der Waals surface area contributed by atoms with Gasteiger partial charge in [-0.05, 0) is 62.2 Å². The number of allylic oxidation sites excluding steroid dienone is 2. The van der Waals surface area contributed by atoms with Crippen LogP contribution >= 0.6 is 23.5 Å². The molecule has 0 bridgehead atoms. The number of carbonyl (C=O) groups is 2. The molecule has 4 atom stereocenters. The maximum absolute atomic E-state index is 12.8. The zero-order valence-electron chi connectivity index (χ0n) is 24.6. The van der Waals surface area contributed by atoms with E-state index in [9.17, 15) is 9.59 Å². The van der Waals surface area contributed by atoms with Crippen LogP contribution in [0.2, 0.25) is 0 Å². The third-order valence-electron chi connectivity index (χ3n) is 8.16. The summed E-state index contributed by atoms with van der Waals surface area (Å²) in [5.41, 5.74) is 0.514. The lowest BCUT2D eigenvalue weighted by Gasteiger charge is -2.40. The van der Waals surface area contributed by atoms with Crippen molar-refractivity contribution in [3.8, 4) is 0 Å². The molecule has 38 heavy (non-hydrogen) atoms. The highest BCUT2D eigenvalue weighted by Crippen LogP contribution is 2.45. The first-order chi connectivity index (χ1) is 18.1. The number of hydrogen-bond donors (Lipinski definition) is 0. The maximum Gasteiger partial charge on any atom is 0.137 e. The summed E-state index contributed by atoms with van der Waals surface area (Å²) in [7, 11) is 0. The SMILES string of the molecule is C=CCCC(=O)C1CC(C)(C)CCC1SCCOCCOCCSC1CCC(C)(C)CC1C(=O)CCC=C. The average Bonchev–Trinajstić information content (AvgIpc) is 2.87. The van der Waals surface area contributed by atoms with Crippen molar-refractivity contribution in [3.63, 3.8) is 0 Å². The molecule has 218 valence electrons. The fourth-order valence-corrected chi connectivity index (χ4v) is 8.43. The molecule has 0 aliphatic heterocycles.